The van der Waals surface area contributed by atoms with Crippen molar-refractivity contribution in [2.24, 2.45) is 5.92 Å². The molecule has 0 radical (unpaired) electrons. The molecule has 6 heteroatoms. The van der Waals surface area contributed by atoms with Crippen LogP contribution in [0.2, 0.25) is 0 Å². The van der Waals surface area contributed by atoms with Gasteiger partial charge in [-0.1, -0.05) is 13.0 Å². The van der Waals surface area contributed by atoms with E-state index in [4.69, 9.17) is 15.7 Å². The van der Waals surface area contributed by atoms with Crippen molar-refractivity contribution < 1.29 is 9.53 Å². The van der Waals surface area contributed by atoms with Crippen LogP contribution in [-0.2, 0) is 0 Å². The average molecular weight is 316 g/mol. The van der Waals surface area contributed by atoms with Crippen molar-refractivity contribution in [1.29, 1.82) is 5.26 Å². The lowest BCUT2D eigenvalue weighted by Gasteiger charge is -2.32. The Morgan fingerprint density at radius 3 is 3.13 bits per heavy atom. The highest BCUT2D eigenvalue weighted by Gasteiger charge is 2.24. The number of urea groups is 1. The molecule has 1 aliphatic rings. The molecule has 1 aromatic carbocycles. The Morgan fingerprint density at radius 1 is 1.57 bits per heavy atom. The standard InChI is InChI=1S/C17H24N4O2/c1-2-8-20-17(22)21-9-4-5-13(11-21)12-23-16-7-3-6-15(19)14(16)10-18/h3,6-7,13H,2,4-5,8-9,11-12,19H2,1H3,(H,20,22). The molecule has 1 aliphatic heterocycles. The number of likely N-dealkylation sites (tertiary alicyclic amines) is 1. The molecule has 6 nitrogen and oxygen atoms in total. The predicted molar refractivity (Wildman–Crippen MR) is 89.1 cm³/mol. The third kappa shape index (κ3) is 4.52. The lowest BCUT2D eigenvalue weighted by molar-refractivity contribution is 0.137. The molecule has 1 saturated heterocycles. The summed E-state index contributed by atoms with van der Waals surface area (Å²) < 4.78 is 5.80. The van der Waals surface area contributed by atoms with Crippen LogP contribution in [0.4, 0.5) is 10.5 Å². The second kappa shape index (κ2) is 8.28. The van der Waals surface area contributed by atoms with Gasteiger partial charge in [0.25, 0.3) is 0 Å². The van der Waals surface area contributed by atoms with Gasteiger partial charge in [0.1, 0.15) is 17.4 Å². The quantitative estimate of drug-likeness (QED) is 0.816. The van der Waals surface area contributed by atoms with Gasteiger partial charge in [-0.15, -0.1) is 0 Å². The molecule has 1 atom stereocenters. The molecule has 0 saturated carbocycles. The summed E-state index contributed by atoms with van der Waals surface area (Å²) in [6, 6.07) is 7.29. The Labute approximate surface area is 137 Å². The minimum Gasteiger partial charge on any atom is -0.492 e. The number of rotatable bonds is 5. The smallest absolute Gasteiger partial charge is 0.317 e. The number of amides is 2. The number of nitrogens with one attached hydrogen (secondary N) is 1. The summed E-state index contributed by atoms with van der Waals surface area (Å²) in [6.07, 6.45) is 2.91. The molecule has 1 heterocycles. The number of nitrogens with two attached hydrogens (primary N) is 1. The maximum Gasteiger partial charge on any atom is 0.317 e. The van der Waals surface area contributed by atoms with E-state index in [1.807, 2.05) is 11.8 Å². The number of anilines is 1. The van der Waals surface area contributed by atoms with E-state index in [1.54, 1.807) is 18.2 Å². The molecule has 124 valence electrons. The average Bonchev–Trinajstić information content (AvgIpc) is 2.58. The molecule has 2 rings (SSSR count). The van der Waals surface area contributed by atoms with Crippen molar-refractivity contribution in [3.8, 4) is 11.8 Å². The Kier molecular flexibility index (Phi) is 6.10. The first-order chi connectivity index (χ1) is 11.2. The van der Waals surface area contributed by atoms with Crippen LogP contribution >= 0.6 is 0 Å². The fourth-order valence-electron chi connectivity index (χ4n) is 2.72. The largest absolute Gasteiger partial charge is 0.492 e. The van der Waals surface area contributed by atoms with Crippen molar-refractivity contribution in [3.05, 3.63) is 23.8 Å². The van der Waals surface area contributed by atoms with E-state index >= 15 is 0 Å². The van der Waals surface area contributed by atoms with E-state index in [0.29, 0.717) is 36.7 Å². The van der Waals surface area contributed by atoms with Gasteiger partial charge in [-0.2, -0.15) is 5.26 Å². The topological polar surface area (TPSA) is 91.4 Å². The fourth-order valence-corrected chi connectivity index (χ4v) is 2.72. The van der Waals surface area contributed by atoms with Gasteiger partial charge >= 0.3 is 6.03 Å². The Balaban J connectivity index is 1.90. The molecular weight excluding hydrogens is 292 g/mol. The molecular formula is C17H24N4O2. The van der Waals surface area contributed by atoms with Gasteiger partial charge < -0.3 is 20.7 Å². The van der Waals surface area contributed by atoms with Crippen LogP contribution in [0.25, 0.3) is 0 Å². The Morgan fingerprint density at radius 2 is 2.39 bits per heavy atom. The molecule has 3 N–H and O–H groups in total. The second-order valence-electron chi connectivity index (χ2n) is 5.83. The van der Waals surface area contributed by atoms with Crippen LogP contribution in [-0.4, -0.2) is 37.2 Å². The number of carbonyl (C=O) groups excluding carboxylic acids is 1. The molecule has 0 aromatic heterocycles. The maximum atomic E-state index is 12.0. The van der Waals surface area contributed by atoms with E-state index in [0.717, 1.165) is 25.8 Å². The number of hydrogen-bond donors (Lipinski definition) is 2. The summed E-state index contributed by atoms with van der Waals surface area (Å²) in [6.45, 7) is 4.68. The van der Waals surface area contributed by atoms with Gasteiger partial charge in [0, 0.05) is 25.6 Å². The Hall–Kier alpha value is -2.42. The highest BCUT2D eigenvalue weighted by molar-refractivity contribution is 5.74. The molecule has 23 heavy (non-hydrogen) atoms. The van der Waals surface area contributed by atoms with Crippen molar-refractivity contribution in [1.82, 2.24) is 10.2 Å². The van der Waals surface area contributed by atoms with E-state index in [9.17, 15) is 4.79 Å². The minimum absolute atomic E-state index is 0.00165. The number of benzene rings is 1. The van der Waals surface area contributed by atoms with Crippen molar-refractivity contribution >= 4 is 11.7 Å². The first-order valence-corrected chi connectivity index (χ1v) is 8.09. The zero-order valence-electron chi connectivity index (χ0n) is 13.5. The number of piperidine rings is 1. The summed E-state index contributed by atoms with van der Waals surface area (Å²) in [4.78, 5) is 13.9. The van der Waals surface area contributed by atoms with Gasteiger partial charge in [-0.05, 0) is 31.4 Å². The normalized spacial score (nSPS) is 17.4. The lowest BCUT2D eigenvalue weighted by Crippen LogP contribution is -2.46. The fraction of sp³-hybridized carbons (Fsp3) is 0.529. The van der Waals surface area contributed by atoms with E-state index in [1.165, 1.54) is 0 Å². The van der Waals surface area contributed by atoms with Crippen LogP contribution in [0.3, 0.4) is 0 Å². The summed E-state index contributed by atoms with van der Waals surface area (Å²) in [7, 11) is 0. The number of hydrogen-bond acceptors (Lipinski definition) is 4. The van der Waals surface area contributed by atoms with Gasteiger partial charge in [0.05, 0.1) is 12.3 Å². The van der Waals surface area contributed by atoms with E-state index in [-0.39, 0.29) is 11.9 Å². The first kappa shape index (κ1) is 16.9. The number of nitrogens with zero attached hydrogens (tertiary/aromatic N) is 2. The van der Waals surface area contributed by atoms with Gasteiger partial charge in [0.15, 0.2) is 0 Å². The molecule has 1 aromatic rings. The summed E-state index contributed by atoms with van der Waals surface area (Å²) in [5.74, 6) is 0.782. The molecule has 1 unspecified atom stereocenters. The summed E-state index contributed by atoms with van der Waals surface area (Å²) >= 11 is 0. The van der Waals surface area contributed by atoms with Crippen LogP contribution in [0.1, 0.15) is 31.7 Å². The van der Waals surface area contributed by atoms with Crippen molar-refractivity contribution in [3.63, 3.8) is 0 Å². The zero-order chi connectivity index (χ0) is 16.7. The van der Waals surface area contributed by atoms with Gasteiger partial charge in [-0.3, -0.25) is 0 Å². The molecule has 2 amide bonds. The number of nitrogen functional groups attached to an aromatic ring is 1. The molecule has 0 spiro atoms. The highest BCUT2D eigenvalue weighted by Crippen LogP contribution is 2.25. The number of carbonyl (C=O) groups is 1. The SMILES string of the molecule is CCCNC(=O)N1CCCC(COc2cccc(N)c2C#N)C1. The lowest BCUT2D eigenvalue weighted by atomic mass is 9.99. The molecule has 0 bridgehead atoms. The van der Waals surface area contributed by atoms with Crippen LogP contribution in [0, 0.1) is 17.2 Å². The summed E-state index contributed by atoms with van der Waals surface area (Å²) in [5.41, 5.74) is 6.59. The molecule has 1 fully saturated rings. The minimum atomic E-state index is -0.00165. The maximum absolute atomic E-state index is 12.0. The highest BCUT2D eigenvalue weighted by atomic mass is 16.5. The van der Waals surface area contributed by atoms with Crippen molar-refractivity contribution in [2.45, 2.75) is 26.2 Å². The third-order valence-corrected chi connectivity index (χ3v) is 3.98. The number of nitriles is 1. The van der Waals surface area contributed by atoms with Gasteiger partial charge in [0.2, 0.25) is 0 Å². The van der Waals surface area contributed by atoms with Crippen LogP contribution < -0.4 is 15.8 Å². The molecule has 0 aliphatic carbocycles. The van der Waals surface area contributed by atoms with E-state index in [2.05, 4.69) is 11.4 Å². The third-order valence-electron chi connectivity index (χ3n) is 3.98. The van der Waals surface area contributed by atoms with E-state index < -0.39 is 0 Å². The first-order valence-electron chi connectivity index (χ1n) is 8.09. The Bertz CT molecular complexity index is 582. The zero-order valence-corrected chi connectivity index (χ0v) is 13.5. The second-order valence-corrected chi connectivity index (χ2v) is 5.83. The summed E-state index contributed by atoms with van der Waals surface area (Å²) in [5, 5.41) is 12.1. The van der Waals surface area contributed by atoms with Crippen LogP contribution in [0.15, 0.2) is 18.2 Å². The monoisotopic (exact) mass is 316 g/mol. The van der Waals surface area contributed by atoms with Gasteiger partial charge in [-0.25, -0.2) is 4.79 Å². The van der Waals surface area contributed by atoms with Crippen molar-refractivity contribution in [2.75, 3.05) is 32.0 Å². The van der Waals surface area contributed by atoms with Crippen LogP contribution in [0.5, 0.6) is 5.75 Å². The predicted octanol–water partition coefficient (Wildman–Crippen LogP) is 2.35. The number of ether oxygens (including phenoxy) is 1.